The van der Waals surface area contributed by atoms with E-state index >= 15 is 0 Å². The van der Waals surface area contributed by atoms with Crippen LogP contribution >= 0.6 is 11.6 Å². The summed E-state index contributed by atoms with van der Waals surface area (Å²) < 4.78 is 35.0. The number of halogens is 3. The van der Waals surface area contributed by atoms with Crippen LogP contribution in [0.3, 0.4) is 0 Å². The number of anilines is 1. The molecule has 4 rings (SSSR count). The number of hydrogen-bond acceptors (Lipinski definition) is 6. The second-order valence-corrected chi connectivity index (χ2v) is 11.6. The Bertz CT molecular complexity index is 1560. The van der Waals surface area contributed by atoms with Crippen molar-refractivity contribution in [2.24, 2.45) is 7.05 Å². The number of nitrogens with zero attached hydrogens (tertiary/aromatic N) is 4. The molecule has 0 saturated carbocycles. The lowest BCUT2D eigenvalue weighted by Gasteiger charge is -2.35. The van der Waals surface area contributed by atoms with E-state index in [-0.39, 0.29) is 51.7 Å². The summed E-state index contributed by atoms with van der Waals surface area (Å²) in [7, 11) is 6.75. The summed E-state index contributed by atoms with van der Waals surface area (Å²) in [6.45, 7) is 2.27. The van der Waals surface area contributed by atoms with Gasteiger partial charge in [0, 0.05) is 57.3 Å². The van der Waals surface area contributed by atoms with Gasteiger partial charge in [0.15, 0.2) is 17.4 Å². The number of imidazole rings is 1. The van der Waals surface area contributed by atoms with Crippen molar-refractivity contribution >= 4 is 35.0 Å². The van der Waals surface area contributed by atoms with Gasteiger partial charge in [-0.3, -0.25) is 14.4 Å². The number of nitrogens with one attached hydrogen (secondary N) is 2. The quantitative estimate of drug-likeness (QED) is 0.294. The topological polar surface area (TPSA) is 121 Å². The molecule has 11 nitrogen and oxygen atoms in total. The summed E-state index contributed by atoms with van der Waals surface area (Å²) in [5.41, 5.74) is 0.640. The molecule has 1 aliphatic rings. The van der Waals surface area contributed by atoms with Crippen LogP contribution in [-0.2, 0) is 11.8 Å². The fourth-order valence-electron chi connectivity index (χ4n) is 5.09. The van der Waals surface area contributed by atoms with Gasteiger partial charge in [-0.2, -0.15) is 4.39 Å². The number of rotatable bonds is 11. The summed E-state index contributed by atoms with van der Waals surface area (Å²) in [4.78, 5) is 47.5. The Labute approximate surface area is 265 Å². The Morgan fingerprint density at radius 3 is 2.40 bits per heavy atom. The van der Waals surface area contributed by atoms with Gasteiger partial charge >= 0.3 is 0 Å². The highest BCUT2D eigenvalue weighted by Gasteiger charge is 2.27. The number of hydrogen-bond donors (Lipinski definition) is 3. The molecule has 1 fully saturated rings. The zero-order chi connectivity index (χ0) is 32.8. The van der Waals surface area contributed by atoms with Crippen molar-refractivity contribution < 1.29 is 37.9 Å². The van der Waals surface area contributed by atoms with E-state index in [1.54, 1.807) is 9.80 Å². The number of aliphatic hydroxyl groups is 1. The van der Waals surface area contributed by atoms with Crippen molar-refractivity contribution in [3.63, 3.8) is 0 Å². The van der Waals surface area contributed by atoms with E-state index in [2.05, 4.69) is 10.3 Å². The highest BCUT2D eigenvalue weighted by Crippen LogP contribution is 2.30. The van der Waals surface area contributed by atoms with Gasteiger partial charge in [0.25, 0.3) is 11.8 Å². The average Bonchev–Trinajstić information content (AvgIpc) is 3.40. The second-order valence-electron chi connectivity index (χ2n) is 11.2. The first-order valence-electron chi connectivity index (χ1n) is 14.6. The molecule has 0 radical (unpaired) electrons. The van der Waals surface area contributed by atoms with Crippen LogP contribution < -0.4 is 15.0 Å². The number of benzene rings is 2. The van der Waals surface area contributed by atoms with E-state index in [0.717, 1.165) is 6.54 Å². The van der Waals surface area contributed by atoms with Crippen molar-refractivity contribution in [1.29, 1.82) is 0 Å². The molecule has 3 aromatic rings. The maximum atomic E-state index is 14.6. The predicted molar refractivity (Wildman–Crippen MR) is 165 cm³/mol. The molecular formula is C31H38ClF2N6O5+. The minimum absolute atomic E-state index is 0.0439. The number of amides is 3. The van der Waals surface area contributed by atoms with Crippen molar-refractivity contribution in [3.05, 3.63) is 64.6 Å². The Morgan fingerprint density at radius 1 is 1.07 bits per heavy atom. The molecule has 45 heavy (non-hydrogen) atoms. The minimum Gasteiger partial charge on any atom is -0.494 e. The zero-order valence-corrected chi connectivity index (χ0v) is 26.5. The molecule has 2 aromatic carbocycles. The maximum Gasteiger partial charge on any atom is 0.291 e. The van der Waals surface area contributed by atoms with Gasteiger partial charge in [0.2, 0.25) is 11.7 Å². The van der Waals surface area contributed by atoms with Gasteiger partial charge in [-0.25, -0.2) is 9.37 Å². The molecule has 0 aliphatic carbocycles. The van der Waals surface area contributed by atoms with Gasteiger partial charge in [-0.05, 0) is 36.8 Å². The Kier molecular flexibility index (Phi) is 11.1. The molecule has 0 spiro atoms. The molecule has 2 heterocycles. The largest absolute Gasteiger partial charge is 0.494 e. The van der Waals surface area contributed by atoms with E-state index < -0.39 is 23.6 Å². The molecule has 1 aliphatic heterocycles. The lowest BCUT2D eigenvalue weighted by Crippen LogP contribution is -3.05. The summed E-state index contributed by atoms with van der Waals surface area (Å²) in [6, 6.07) is 7.10. The third-order valence-corrected chi connectivity index (χ3v) is 8.09. The predicted octanol–water partition coefficient (Wildman–Crippen LogP) is 2.24. The minimum atomic E-state index is -1.15. The van der Waals surface area contributed by atoms with Crippen molar-refractivity contribution in [2.45, 2.75) is 25.4 Å². The van der Waals surface area contributed by atoms with Crippen LogP contribution in [0.25, 0.3) is 11.3 Å². The number of quaternary nitrogens is 1. The lowest BCUT2D eigenvalue weighted by atomic mass is 10.1. The van der Waals surface area contributed by atoms with Gasteiger partial charge in [-0.15, -0.1) is 0 Å². The summed E-state index contributed by atoms with van der Waals surface area (Å²) in [5.74, 6) is -3.55. The second kappa shape index (κ2) is 14.8. The molecule has 1 atom stereocenters. The number of methoxy groups -OCH3 is 1. The summed E-state index contributed by atoms with van der Waals surface area (Å²) in [6.07, 6.45) is 2.05. The van der Waals surface area contributed by atoms with Gasteiger partial charge < -0.3 is 34.4 Å². The molecule has 0 bridgehead atoms. The molecule has 1 aromatic heterocycles. The van der Waals surface area contributed by atoms with E-state index in [1.807, 2.05) is 14.1 Å². The van der Waals surface area contributed by atoms with E-state index in [1.165, 1.54) is 60.2 Å². The maximum absolute atomic E-state index is 14.6. The Morgan fingerprint density at radius 2 is 1.76 bits per heavy atom. The van der Waals surface area contributed by atoms with Crippen LogP contribution in [0.1, 0.15) is 40.2 Å². The van der Waals surface area contributed by atoms with E-state index in [9.17, 15) is 28.3 Å². The van der Waals surface area contributed by atoms with Crippen LogP contribution in [0, 0.1) is 11.6 Å². The number of aromatic nitrogens is 2. The molecule has 1 saturated heterocycles. The third kappa shape index (κ3) is 7.96. The monoisotopic (exact) mass is 647 g/mol. The van der Waals surface area contributed by atoms with E-state index in [4.69, 9.17) is 16.3 Å². The first-order chi connectivity index (χ1) is 21.4. The van der Waals surface area contributed by atoms with Gasteiger partial charge in [0.1, 0.15) is 0 Å². The number of aliphatic hydroxyl groups excluding tert-OH is 1. The fourth-order valence-corrected chi connectivity index (χ4v) is 5.35. The van der Waals surface area contributed by atoms with Crippen LogP contribution in [0.2, 0.25) is 5.02 Å². The van der Waals surface area contributed by atoms with E-state index in [0.29, 0.717) is 44.7 Å². The smallest absolute Gasteiger partial charge is 0.291 e. The summed E-state index contributed by atoms with van der Waals surface area (Å²) >= 11 is 6.44. The highest BCUT2D eigenvalue weighted by atomic mass is 35.5. The number of carbonyl (C=O) groups is 3. The summed E-state index contributed by atoms with van der Waals surface area (Å²) in [5, 5.41) is 12.9. The molecule has 242 valence electrons. The van der Waals surface area contributed by atoms with Crippen molar-refractivity contribution in [2.75, 3.05) is 59.2 Å². The molecule has 3 N–H and O–H groups in total. The Balaban J connectivity index is 1.33. The van der Waals surface area contributed by atoms with Crippen LogP contribution in [0.15, 0.2) is 36.5 Å². The normalized spacial score (nSPS) is 14.1. The lowest BCUT2D eigenvalue weighted by molar-refractivity contribution is -0.858. The number of piperazine rings is 1. The van der Waals surface area contributed by atoms with Crippen LogP contribution in [-0.4, -0.2) is 102 Å². The van der Waals surface area contributed by atoms with Crippen LogP contribution in [0.5, 0.6) is 5.75 Å². The fraction of sp³-hybridized carbons (Fsp3) is 0.419. The third-order valence-electron chi connectivity index (χ3n) is 7.78. The van der Waals surface area contributed by atoms with Crippen LogP contribution in [0.4, 0.5) is 14.5 Å². The number of carbonyl (C=O) groups excluding carboxylic acids is 3. The van der Waals surface area contributed by atoms with Gasteiger partial charge in [-0.1, -0.05) is 11.6 Å². The first-order valence-corrected chi connectivity index (χ1v) is 15.0. The van der Waals surface area contributed by atoms with Gasteiger partial charge in [0.05, 0.1) is 56.3 Å². The Hall–Kier alpha value is -4.07. The average molecular weight is 648 g/mol. The molecular weight excluding hydrogens is 610 g/mol. The zero-order valence-electron chi connectivity index (χ0n) is 25.7. The molecule has 3 amide bonds. The molecule has 1 unspecified atom stereocenters. The SMILES string of the molecule is COc1ccc(-c2cnc(C(=O)Nc3ccc(C(=O)N4CCN(C(=O)CCC(O)CC[NH+](C)C)CC4)c(Cl)c3)n2C)c(F)c1F. The van der Waals surface area contributed by atoms with Crippen molar-refractivity contribution in [3.8, 4) is 17.0 Å². The molecule has 14 heteroatoms. The van der Waals surface area contributed by atoms with Crippen molar-refractivity contribution in [1.82, 2.24) is 19.4 Å². The highest BCUT2D eigenvalue weighted by molar-refractivity contribution is 6.34. The first kappa shape index (κ1) is 33.8. The number of ether oxygens (including phenoxy) is 1. The standard InChI is InChI=1S/C31H37ClF2N6O5/c1-37(2)12-11-20(41)6-10-26(42)39-13-15-40(16-14-39)31(44)21-7-5-19(17-23(21)32)36-30(43)29-35-18-24(38(29)3)22-8-9-25(45-4)28(34)27(22)33/h5,7-9,17-18,20,41H,6,10-16H2,1-4H3,(H,36,43)/p+1.